The highest BCUT2D eigenvalue weighted by Gasteiger charge is 2.29. The van der Waals surface area contributed by atoms with Crippen LogP contribution in [0.3, 0.4) is 0 Å². The Balaban J connectivity index is 2.16. The van der Waals surface area contributed by atoms with Crippen molar-refractivity contribution in [3.8, 4) is 0 Å². The van der Waals surface area contributed by atoms with Gasteiger partial charge in [-0.15, -0.1) is 0 Å². The number of halogens is 2. The molecule has 1 fully saturated rings. The molecule has 0 aliphatic carbocycles. The van der Waals surface area contributed by atoms with Crippen LogP contribution in [-0.4, -0.2) is 24.7 Å². The topological polar surface area (TPSA) is 34.1 Å². The minimum atomic E-state index is 0.0975. The number of pyridine rings is 1. The molecule has 1 aromatic rings. The van der Waals surface area contributed by atoms with Gasteiger partial charge in [0.25, 0.3) is 0 Å². The molecular weight excluding hydrogens is 360 g/mol. The first-order chi connectivity index (χ1) is 8.72. The van der Waals surface area contributed by atoms with Crippen molar-refractivity contribution in [3.05, 3.63) is 26.9 Å². The average Bonchev–Trinajstić information content (AvgIpc) is 2.37. The van der Waals surface area contributed by atoms with Crippen LogP contribution in [-0.2, 0) is 4.74 Å². The molecule has 0 amide bonds. The van der Waals surface area contributed by atoms with Gasteiger partial charge in [-0.3, -0.25) is 4.98 Å². The van der Waals surface area contributed by atoms with Gasteiger partial charge < -0.3 is 10.1 Å². The van der Waals surface area contributed by atoms with Crippen molar-refractivity contribution in [2.45, 2.75) is 25.9 Å². The van der Waals surface area contributed by atoms with Gasteiger partial charge in [0.05, 0.1) is 5.69 Å². The number of nitrogens with zero attached hydrogens (tertiary/aromatic N) is 1. The van der Waals surface area contributed by atoms with Crippen LogP contribution in [0.2, 0.25) is 0 Å². The van der Waals surface area contributed by atoms with Crippen molar-refractivity contribution < 1.29 is 4.74 Å². The number of hydrogen-bond donors (Lipinski definition) is 1. The van der Waals surface area contributed by atoms with Gasteiger partial charge in [0.1, 0.15) is 6.10 Å². The summed E-state index contributed by atoms with van der Waals surface area (Å²) in [7, 11) is 0. The van der Waals surface area contributed by atoms with Crippen LogP contribution in [0.25, 0.3) is 0 Å². The highest BCUT2D eigenvalue weighted by Crippen LogP contribution is 2.36. The third-order valence-corrected chi connectivity index (χ3v) is 4.28. The van der Waals surface area contributed by atoms with Gasteiger partial charge in [-0.05, 0) is 57.3 Å². The van der Waals surface area contributed by atoms with Gasteiger partial charge in [-0.1, -0.05) is 6.92 Å². The van der Waals surface area contributed by atoms with Crippen LogP contribution >= 0.6 is 31.9 Å². The largest absolute Gasteiger partial charge is 0.372 e. The number of nitrogens with one attached hydrogen (secondary N) is 1. The molecule has 100 valence electrons. The Kier molecular flexibility index (Phi) is 5.60. The average molecular weight is 378 g/mol. The van der Waals surface area contributed by atoms with E-state index in [1.807, 2.05) is 12.3 Å². The van der Waals surface area contributed by atoms with Crippen molar-refractivity contribution in [3.63, 3.8) is 0 Å². The Bertz CT molecular complexity index is 401. The molecule has 5 heteroatoms. The lowest BCUT2D eigenvalue weighted by Crippen LogP contribution is -2.32. The first kappa shape index (κ1) is 14.4. The molecule has 1 saturated heterocycles. The van der Waals surface area contributed by atoms with Crippen LogP contribution < -0.4 is 5.32 Å². The molecule has 2 unspecified atom stereocenters. The van der Waals surface area contributed by atoms with E-state index < -0.39 is 0 Å². The number of ether oxygens (including phenoxy) is 1. The van der Waals surface area contributed by atoms with Crippen LogP contribution in [0.15, 0.2) is 21.2 Å². The lowest BCUT2D eigenvalue weighted by molar-refractivity contribution is -0.0305. The fourth-order valence-electron chi connectivity index (χ4n) is 2.32. The fraction of sp³-hybridized carbons (Fsp3) is 0.615. The van der Waals surface area contributed by atoms with Gasteiger partial charge >= 0.3 is 0 Å². The van der Waals surface area contributed by atoms with Crippen LogP contribution in [0, 0.1) is 5.92 Å². The third kappa shape index (κ3) is 3.53. The molecule has 2 heterocycles. The van der Waals surface area contributed by atoms with Crippen LogP contribution in [0.1, 0.15) is 31.6 Å². The van der Waals surface area contributed by atoms with Gasteiger partial charge in [0.15, 0.2) is 0 Å². The summed E-state index contributed by atoms with van der Waals surface area (Å²) in [6.45, 7) is 4.95. The third-order valence-electron chi connectivity index (χ3n) is 3.21. The van der Waals surface area contributed by atoms with E-state index in [9.17, 15) is 0 Å². The monoisotopic (exact) mass is 376 g/mol. The summed E-state index contributed by atoms with van der Waals surface area (Å²) in [5.41, 5.74) is 1.01. The summed E-state index contributed by atoms with van der Waals surface area (Å²) in [5.74, 6) is 0.503. The van der Waals surface area contributed by atoms with E-state index in [0.717, 1.165) is 40.8 Å². The highest BCUT2D eigenvalue weighted by molar-refractivity contribution is 9.11. The standard InChI is InChI=1S/C13H18Br2N2O/c1-2-16-7-9-4-3-5-18-13(9)12-11(15)6-10(14)8-17-12/h6,8-9,13,16H,2-5,7H2,1H3. The zero-order valence-electron chi connectivity index (χ0n) is 10.5. The summed E-state index contributed by atoms with van der Waals surface area (Å²) in [6.07, 6.45) is 4.27. The van der Waals surface area contributed by atoms with E-state index in [2.05, 4.69) is 49.1 Å². The zero-order valence-corrected chi connectivity index (χ0v) is 13.6. The van der Waals surface area contributed by atoms with Crippen molar-refractivity contribution in [1.82, 2.24) is 10.3 Å². The molecule has 0 spiro atoms. The number of aromatic nitrogens is 1. The maximum absolute atomic E-state index is 5.95. The van der Waals surface area contributed by atoms with E-state index in [0.29, 0.717) is 5.92 Å². The van der Waals surface area contributed by atoms with Gasteiger partial charge in [-0.25, -0.2) is 0 Å². The molecule has 2 rings (SSSR count). The summed E-state index contributed by atoms with van der Waals surface area (Å²) < 4.78 is 7.95. The lowest BCUT2D eigenvalue weighted by atomic mass is 9.92. The van der Waals surface area contributed by atoms with Gasteiger partial charge in [-0.2, -0.15) is 0 Å². The van der Waals surface area contributed by atoms with Gasteiger partial charge in [0.2, 0.25) is 0 Å². The summed E-state index contributed by atoms with van der Waals surface area (Å²) in [4.78, 5) is 4.51. The molecule has 1 aliphatic heterocycles. The molecule has 1 N–H and O–H groups in total. The summed E-state index contributed by atoms with van der Waals surface area (Å²) in [5, 5.41) is 3.42. The SMILES string of the molecule is CCNCC1CCCOC1c1ncc(Br)cc1Br. The van der Waals surface area contributed by atoms with Crippen molar-refractivity contribution in [1.29, 1.82) is 0 Å². The number of hydrogen-bond acceptors (Lipinski definition) is 3. The lowest BCUT2D eigenvalue weighted by Gasteiger charge is -2.32. The van der Waals surface area contributed by atoms with E-state index in [1.165, 1.54) is 6.42 Å². The Labute approximate surface area is 125 Å². The molecule has 0 saturated carbocycles. The van der Waals surface area contributed by atoms with Crippen molar-refractivity contribution >= 4 is 31.9 Å². The van der Waals surface area contributed by atoms with Crippen LogP contribution in [0.4, 0.5) is 0 Å². The van der Waals surface area contributed by atoms with E-state index >= 15 is 0 Å². The van der Waals surface area contributed by atoms with Gasteiger partial charge in [0, 0.05) is 34.2 Å². The Morgan fingerprint density at radius 2 is 2.33 bits per heavy atom. The maximum Gasteiger partial charge on any atom is 0.105 e. The Morgan fingerprint density at radius 1 is 1.50 bits per heavy atom. The Hall–Kier alpha value is 0.0300. The maximum atomic E-state index is 5.95. The summed E-state index contributed by atoms with van der Waals surface area (Å²) in [6, 6.07) is 2.03. The first-order valence-electron chi connectivity index (χ1n) is 6.35. The minimum absolute atomic E-state index is 0.0975. The highest BCUT2D eigenvalue weighted by atomic mass is 79.9. The second kappa shape index (κ2) is 6.98. The molecule has 0 bridgehead atoms. The predicted molar refractivity (Wildman–Crippen MR) is 79.6 cm³/mol. The fourth-order valence-corrected chi connectivity index (χ4v) is 3.53. The quantitative estimate of drug-likeness (QED) is 0.868. The predicted octanol–water partition coefficient (Wildman–Crippen LogP) is 3.68. The molecule has 0 aromatic carbocycles. The summed E-state index contributed by atoms with van der Waals surface area (Å²) >= 11 is 7.02. The molecule has 18 heavy (non-hydrogen) atoms. The second-order valence-electron chi connectivity index (χ2n) is 4.52. The molecule has 1 aromatic heterocycles. The molecule has 2 atom stereocenters. The minimum Gasteiger partial charge on any atom is -0.372 e. The van der Waals surface area contributed by atoms with E-state index in [1.54, 1.807) is 0 Å². The van der Waals surface area contributed by atoms with E-state index in [-0.39, 0.29) is 6.10 Å². The van der Waals surface area contributed by atoms with Crippen LogP contribution in [0.5, 0.6) is 0 Å². The molecule has 0 radical (unpaired) electrons. The normalized spacial score (nSPS) is 24.2. The van der Waals surface area contributed by atoms with Crippen molar-refractivity contribution in [2.24, 2.45) is 5.92 Å². The molecular formula is C13H18Br2N2O. The zero-order chi connectivity index (χ0) is 13.0. The number of rotatable bonds is 4. The second-order valence-corrected chi connectivity index (χ2v) is 6.29. The van der Waals surface area contributed by atoms with Crippen molar-refractivity contribution in [2.75, 3.05) is 19.7 Å². The smallest absolute Gasteiger partial charge is 0.105 e. The molecule has 1 aliphatic rings. The van der Waals surface area contributed by atoms with E-state index in [4.69, 9.17) is 4.74 Å². The molecule has 3 nitrogen and oxygen atoms in total. The first-order valence-corrected chi connectivity index (χ1v) is 7.94. The Morgan fingerprint density at radius 3 is 3.06 bits per heavy atom.